The Kier molecular flexibility index (Phi) is 17.5. The molecule has 1 aliphatic rings. The van der Waals surface area contributed by atoms with E-state index in [9.17, 15) is 4.39 Å². The number of halogens is 1. The zero-order chi connectivity index (χ0) is 35.5. The third-order valence-corrected chi connectivity index (χ3v) is 8.78. The molecule has 48 heavy (non-hydrogen) atoms. The van der Waals surface area contributed by atoms with Crippen LogP contribution in [0.3, 0.4) is 0 Å². The number of benzene rings is 3. The number of nitrogens with one attached hydrogen (secondary N) is 1. The molecule has 0 aromatic heterocycles. The minimum atomic E-state index is -0.499. The molecule has 4 rings (SSSR count). The van der Waals surface area contributed by atoms with Crippen molar-refractivity contribution < 1.29 is 8.97 Å². The normalized spacial score (nSPS) is 14.6. The molecule has 6 heteroatoms. The van der Waals surface area contributed by atoms with Gasteiger partial charge in [0.05, 0.1) is 5.69 Å². The minimum absolute atomic E-state index is 0.119. The summed E-state index contributed by atoms with van der Waals surface area (Å²) in [4.78, 5) is 4.60. The Morgan fingerprint density at radius 2 is 1.60 bits per heavy atom. The summed E-state index contributed by atoms with van der Waals surface area (Å²) in [5.74, 6) is -0.119. The highest BCUT2D eigenvalue weighted by Gasteiger charge is 2.27. The first-order chi connectivity index (χ1) is 23.0. The predicted octanol–water partition coefficient (Wildman–Crippen LogP) is 8.41. The van der Waals surface area contributed by atoms with Gasteiger partial charge in [0.15, 0.2) is 14.1 Å². The maximum absolute atomic E-state index is 14.3. The zero-order valence-electron chi connectivity index (χ0n) is 30.3. The second-order valence-electron chi connectivity index (χ2n) is 12.4. The van der Waals surface area contributed by atoms with E-state index in [4.69, 9.17) is 7.85 Å². The molecular formula is C42H57BFN4+. The third kappa shape index (κ3) is 12.8. The molecule has 254 valence electrons. The van der Waals surface area contributed by atoms with Gasteiger partial charge in [-0.15, -0.1) is 0 Å². The SMILES string of the molecule is C=CNC.C=Cc1cccc(C)c1C.[B]C(C=C)(CCC)/[N+](C)=C/C=C/Cc1ccc(CN2CCN(c3ccc(C)cc3F)CC2)cc1. The lowest BCUT2D eigenvalue weighted by molar-refractivity contribution is -0.540. The standard InChI is InChI=1S/C29H38BFN3.C10H12.C3H7N/c1-5-16-29(30,6-2)32(4)17-8-7-9-25-11-13-26(14-12-25)23-33-18-20-34(21-19-33)28-15-10-24(3)22-27(28)31;1-4-10-7-5-6-8(2)9(10)3;1-3-4-2/h6-8,10-15,17,22H,2,5,9,16,18-21,23H2,1,3-4H3;4-7H,1H2,2-3H3;3-4H,1H2,2H3/q+1;;/b8-7+,32-17+;;. The van der Waals surface area contributed by atoms with E-state index in [-0.39, 0.29) is 5.82 Å². The summed E-state index contributed by atoms with van der Waals surface area (Å²) >= 11 is 0. The summed E-state index contributed by atoms with van der Waals surface area (Å²) in [6.45, 7) is 23.8. The van der Waals surface area contributed by atoms with Crippen LogP contribution in [0.15, 0.2) is 105 Å². The third-order valence-electron chi connectivity index (χ3n) is 8.78. The van der Waals surface area contributed by atoms with Gasteiger partial charge >= 0.3 is 0 Å². The molecule has 0 bridgehead atoms. The molecule has 4 nitrogen and oxygen atoms in total. The van der Waals surface area contributed by atoms with Crippen molar-refractivity contribution in [2.24, 2.45) is 0 Å². The molecule has 0 amide bonds. The summed E-state index contributed by atoms with van der Waals surface area (Å²) in [6.07, 6.45) is 14.3. The van der Waals surface area contributed by atoms with Gasteiger partial charge in [0.2, 0.25) is 0 Å². The van der Waals surface area contributed by atoms with Crippen LogP contribution in [0.2, 0.25) is 0 Å². The summed E-state index contributed by atoms with van der Waals surface area (Å²) in [7, 11) is 10.2. The summed E-state index contributed by atoms with van der Waals surface area (Å²) in [5, 5.41) is 2.69. The van der Waals surface area contributed by atoms with E-state index >= 15 is 0 Å². The largest absolute Gasteiger partial charge is 0.394 e. The molecule has 1 unspecified atom stereocenters. The quantitative estimate of drug-likeness (QED) is 0.0924. The second-order valence-corrected chi connectivity index (χ2v) is 12.4. The highest BCUT2D eigenvalue weighted by molar-refractivity contribution is 6.15. The van der Waals surface area contributed by atoms with Crippen LogP contribution in [0.1, 0.15) is 53.1 Å². The van der Waals surface area contributed by atoms with Crippen LogP contribution in [0, 0.1) is 26.6 Å². The number of hydrogen-bond acceptors (Lipinski definition) is 3. The van der Waals surface area contributed by atoms with Crippen LogP contribution in [-0.2, 0) is 13.0 Å². The average Bonchev–Trinajstić information content (AvgIpc) is 3.09. The van der Waals surface area contributed by atoms with Crippen molar-refractivity contribution in [1.29, 1.82) is 0 Å². The van der Waals surface area contributed by atoms with Crippen molar-refractivity contribution >= 4 is 25.8 Å². The fourth-order valence-electron chi connectivity index (χ4n) is 5.40. The smallest absolute Gasteiger partial charge is 0.179 e. The molecule has 1 N–H and O–H groups in total. The zero-order valence-corrected chi connectivity index (χ0v) is 30.3. The van der Waals surface area contributed by atoms with Crippen molar-refractivity contribution in [2.45, 2.75) is 58.9 Å². The van der Waals surface area contributed by atoms with Crippen LogP contribution < -0.4 is 10.2 Å². The molecule has 1 saturated heterocycles. The van der Waals surface area contributed by atoms with Gasteiger partial charge in [-0.25, -0.2) is 8.97 Å². The van der Waals surface area contributed by atoms with E-state index in [1.165, 1.54) is 27.8 Å². The maximum atomic E-state index is 14.3. The van der Waals surface area contributed by atoms with E-state index in [1.807, 2.05) is 56.1 Å². The molecule has 1 atom stereocenters. The molecule has 2 radical (unpaired) electrons. The topological polar surface area (TPSA) is 21.5 Å². The molecule has 3 aromatic rings. The van der Waals surface area contributed by atoms with E-state index in [0.717, 1.165) is 63.2 Å². The number of allylic oxidation sites excluding steroid dienone is 2. The molecule has 0 saturated carbocycles. The minimum Gasteiger partial charge on any atom is -0.394 e. The lowest BCUT2D eigenvalue weighted by Crippen LogP contribution is -2.46. The van der Waals surface area contributed by atoms with Gasteiger partial charge in [-0.1, -0.05) is 93.8 Å². The van der Waals surface area contributed by atoms with Crippen molar-refractivity contribution in [1.82, 2.24) is 10.2 Å². The van der Waals surface area contributed by atoms with Crippen molar-refractivity contribution in [3.63, 3.8) is 0 Å². The fraction of sp³-hybridized carbons (Fsp3) is 0.357. The molecule has 3 aromatic carbocycles. The Morgan fingerprint density at radius 3 is 2.15 bits per heavy atom. The average molecular weight is 648 g/mol. The van der Waals surface area contributed by atoms with Gasteiger partial charge < -0.3 is 10.2 Å². The molecule has 0 aliphatic carbocycles. The van der Waals surface area contributed by atoms with E-state index in [2.05, 4.69) is 110 Å². The van der Waals surface area contributed by atoms with Crippen LogP contribution >= 0.6 is 0 Å². The second kappa shape index (κ2) is 20.9. The Hall–Kier alpha value is -4.16. The number of rotatable bonds is 12. The van der Waals surface area contributed by atoms with Gasteiger partial charge in [0, 0.05) is 46.2 Å². The summed E-state index contributed by atoms with van der Waals surface area (Å²) in [6, 6.07) is 20.6. The number of piperazine rings is 1. The van der Waals surface area contributed by atoms with Crippen LogP contribution in [0.5, 0.6) is 0 Å². The molecule has 1 aliphatic heterocycles. The van der Waals surface area contributed by atoms with Gasteiger partial charge in [0.1, 0.15) is 18.3 Å². The first-order valence-electron chi connectivity index (χ1n) is 16.9. The summed E-state index contributed by atoms with van der Waals surface area (Å²) < 4.78 is 16.3. The maximum Gasteiger partial charge on any atom is 0.179 e. The number of aryl methyl sites for hydroxylation is 2. The number of anilines is 1. The monoisotopic (exact) mass is 647 g/mol. The molecule has 1 fully saturated rings. The van der Waals surface area contributed by atoms with Gasteiger partial charge in [-0.2, -0.15) is 0 Å². The summed E-state index contributed by atoms with van der Waals surface area (Å²) in [5.41, 5.74) is 7.68. The van der Waals surface area contributed by atoms with Gasteiger partial charge in [-0.3, -0.25) is 4.90 Å². The van der Waals surface area contributed by atoms with Crippen LogP contribution in [0.25, 0.3) is 6.08 Å². The fourth-order valence-corrected chi connectivity index (χ4v) is 5.40. The highest BCUT2D eigenvalue weighted by Crippen LogP contribution is 2.22. The first-order valence-corrected chi connectivity index (χ1v) is 16.9. The predicted molar refractivity (Wildman–Crippen MR) is 209 cm³/mol. The first kappa shape index (κ1) is 40.0. The number of nitrogens with zero attached hydrogens (tertiary/aromatic N) is 3. The van der Waals surface area contributed by atoms with E-state index < -0.39 is 5.44 Å². The Balaban J connectivity index is 0.000000474. The molecular weight excluding hydrogens is 590 g/mol. The molecule has 0 spiro atoms. The Morgan fingerprint density at radius 1 is 0.958 bits per heavy atom. The molecule has 1 heterocycles. The lowest BCUT2D eigenvalue weighted by Gasteiger charge is -2.36. The van der Waals surface area contributed by atoms with Gasteiger partial charge in [0.25, 0.3) is 0 Å². The Bertz CT molecular complexity index is 1500. The lowest BCUT2D eigenvalue weighted by atomic mass is 9.74. The van der Waals surface area contributed by atoms with Crippen molar-refractivity contribution in [3.8, 4) is 0 Å². The van der Waals surface area contributed by atoms with Crippen LogP contribution in [0.4, 0.5) is 10.1 Å². The van der Waals surface area contributed by atoms with Crippen LogP contribution in [-0.4, -0.2) is 69.2 Å². The van der Waals surface area contributed by atoms with Crippen molar-refractivity contribution in [3.05, 3.63) is 144 Å². The highest BCUT2D eigenvalue weighted by atomic mass is 19.1. The van der Waals surface area contributed by atoms with Gasteiger partial charge in [-0.05, 0) is 91.1 Å². The number of hydrogen-bond donors (Lipinski definition) is 1. The number of likely N-dealkylation sites (N-methyl/N-ethyl adjacent to an activating group) is 1. The van der Waals surface area contributed by atoms with E-state index in [1.54, 1.807) is 12.3 Å². The van der Waals surface area contributed by atoms with E-state index in [0.29, 0.717) is 0 Å². The van der Waals surface area contributed by atoms with Crippen molar-refractivity contribution in [2.75, 3.05) is 45.2 Å². The Labute approximate surface area is 292 Å².